The van der Waals surface area contributed by atoms with E-state index in [1.165, 1.54) is 4.90 Å². The largest absolute Gasteiger partial charge is 0.451 e. The first-order chi connectivity index (χ1) is 13.1. The lowest BCUT2D eigenvalue weighted by Crippen LogP contribution is -2.44. The summed E-state index contributed by atoms with van der Waals surface area (Å²) in [5, 5.41) is 17.1. The second-order valence-electron chi connectivity index (χ2n) is 6.60. The van der Waals surface area contributed by atoms with Crippen molar-refractivity contribution in [2.45, 2.75) is 44.4 Å². The van der Waals surface area contributed by atoms with Gasteiger partial charge in [-0.15, -0.1) is 10.2 Å². The fourth-order valence-electron chi connectivity index (χ4n) is 3.15. The first kappa shape index (κ1) is 21.1. The Labute approximate surface area is 165 Å². The van der Waals surface area contributed by atoms with Gasteiger partial charge in [-0.3, -0.25) is 4.90 Å². The predicted molar refractivity (Wildman–Crippen MR) is 91.8 cm³/mol. The molecule has 0 fully saturated rings. The number of alkyl halides is 3. The normalized spacial score (nSPS) is 17.4. The van der Waals surface area contributed by atoms with Gasteiger partial charge in [0.05, 0.1) is 11.0 Å². The lowest BCUT2D eigenvalue weighted by Gasteiger charge is -2.33. The summed E-state index contributed by atoms with van der Waals surface area (Å²) in [6.45, 7) is 0.0809. The second-order valence-corrected chi connectivity index (χ2v) is 7.45. The third-order valence-corrected chi connectivity index (χ3v) is 5.15. The Balaban J connectivity index is 1.62. The summed E-state index contributed by atoms with van der Waals surface area (Å²) in [5.41, 5.74) is 6.03. The van der Waals surface area contributed by atoms with Crippen molar-refractivity contribution in [2.24, 2.45) is 5.73 Å². The third kappa shape index (κ3) is 4.50. The minimum absolute atomic E-state index is 0.00184. The smallest absolute Gasteiger partial charge is 0.378 e. The van der Waals surface area contributed by atoms with Gasteiger partial charge in [0.15, 0.2) is 0 Å². The summed E-state index contributed by atoms with van der Waals surface area (Å²) < 4.78 is 67.1. The Kier molecular flexibility index (Phi) is 6.03. The van der Waals surface area contributed by atoms with Crippen molar-refractivity contribution in [1.29, 1.82) is 0 Å². The molecule has 28 heavy (non-hydrogen) atoms. The van der Waals surface area contributed by atoms with E-state index in [1.807, 2.05) is 0 Å². The van der Waals surface area contributed by atoms with Gasteiger partial charge in [-0.05, 0) is 40.0 Å². The van der Waals surface area contributed by atoms with Crippen molar-refractivity contribution < 1.29 is 27.1 Å². The van der Waals surface area contributed by atoms with Gasteiger partial charge in [0.1, 0.15) is 23.7 Å². The van der Waals surface area contributed by atoms with Crippen LogP contribution in [0.5, 0.6) is 0 Å². The number of aliphatic hydroxyl groups is 1. The molecule has 1 aliphatic rings. The highest BCUT2D eigenvalue weighted by Gasteiger charge is 2.40. The van der Waals surface area contributed by atoms with E-state index in [0.717, 1.165) is 16.7 Å². The zero-order valence-corrected chi connectivity index (χ0v) is 16.0. The summed E-state index contributed by atoms with van der Waals surface area (Å²) >= 11 is 2.89. The van der Waals surface area contributed by atoms with Gasteiger partial charge in [0.25, 0.3) is 0 Å². The quantitative estimate of drug-likeness (QED) is 0.519. The molecular weight excluding hydrogens is 453 g/mol. The molecule has 2 atom stereocenters. The molecule has 0 radical (unpaired) electrons. The van der Waals surface area contributed by atoms with Crippen LogP contribution in [-0.2, 0) is 25.7 Å². The molecule has 0 spiro atoms. The predicted octanol–water partition coefficient (Wildman–Crippen LogP) is 2.43. The molecule has 0 saturated carbocycles. The van der Waals surface area contributed by atoms with Crippen molar-refractivity contribution in [3.8, 4) is 0 Å². The van der Waals surface area contributed by atoms with Crippen LogP contribution in [0.15, 0.2) is 16.6 Å². The molecule has 6 nitrogen and oxygen atoms in total. The van der Waals surface area contributed by atoms with Crippen LogP contribution in [-0.4, -0.2) is 43.6 Å². The Bertz CT molecular complexity index is 859. The van der Waals surface area contributed by atoms with Gasteiger partial charge in [-0.25, -0.2) is 8.78 Å². The van der Waals surface area contributed by atoms with Gasteiger partial charge in [0, 0.05) is 25.6 Å². The minimum Gasteiger partial charge on any atom is -0.378 e. The van der Waals surface area contributed by atoms with Crippen molar-refractivity contribution in [3.05, 3.63) is 45.5 Å². The number of rotatable bonds is 5. The molecule has 1 unspecified atom stereocenters. The molecule has 0 amide bonds. The first-order valence-corrected chi connectivity index (χ1v) is 9.16. The van der Waals surface area contributed by atoms with E-state index in [2.05, 4.69) is 26.1 Å². The van der Waals surface area contributed by atoms with Crippen molar-refractivity contribution >= 4 is 15.9 Å². The molecule has 0 saturated heterocycles. The first-order valence-electron chi connectivity index (χ1n) is 8.36. The van der Waals surface area contributed by atoms with Gasteiger partial charge >= 0.3 is 6.18 Å². The topological polar surface area (TPSA) is 80.2 Å². The van der Waals surface area contributed by atoms with Crippen LogP contribution in [0.1, 0.15) is 23.6 Å². The molecule has 1 aromatic heterocycles. The Morgan fingerprint density at radius 2 is 1.89 bits per heavy atom. The van der Waals surface area contributed by atoms with E-state index >= 15 is 0 Å². The fourth-order valence-corrected chi connectivity index (χ4v) is 3.46. The molecule has 1 aromatic carbocycles. The fraction of sp³-hybridized carbons (Fsp3) is 0.500. The summed E-state index contributed by atoms with van der Waals surface area (Å²) in [5.74, 6) is -2.22. The highest BCUT2D eigenvalue weighted by Crippen LogP contribution is 2.30. The maximum absolute atomic E-state index is 13.9. The Hall–Kier alpha value is -1.63. The number of nitrogens with zero attached hydrogens (tertiary/aromatic N) is 4. The standard InChI is InChI=1S/C16H17BrF5N5O/c17-10-6-11(18)8(4-12(10)19)3-9(23)5-14(28)26-1-2-27-13(7-26)24-25-15(27)16(20,21)22/h4,6,9,14,28H,1-3,5,7,23H2/t9-,14?/m1/s1. The van der Waals surface area contributed by atoms with Crippen molar-refractivity contribution in [3.63, 3.8) is 0 Å². The van der Waals surface area contributed by atoms with Gasteiger partial charge < -0.3 is 15.4 Å². The Morgan fingerprint density at radius 1 is 1.18 bits per heavy atom. The van der Waals surface area contributed by atoms with Gasteiger partial charge in [-0.2, -0.15) is 13.2 Å². The number of hydrogen-bond donors (Lipinski definition) is 2. The molecule has 0 bridgehead atoms. The average molecular weight is 470 g/mol. The van der Waals surface area contributed by atoms with Crippen LogP contribution in [0.4, 0.5) is 22.0 Å². The monoisotopic (exact) mass is 469 g/mol. The van der Waals surface area contributed by atoms with Crippen molar-refractivity contribution in [2.75, 3.05) is 6.54 Å². The number of benzene rings is 1. The molecule has 3 rings (SSSR count). The van der Waals surface area contributed by atoms with E-state index < -0.39 is 35.9 Å². The maximum atomic E-state index is 13.9. The lowest BCUT2D eigenvalue weighted by atomic mass is 10.0. The highest BCUT2D eigenvalue weighted by molar-refractivity contribution is 9.10. The minimum atomic E-state index is -4.60. The number of aliphatic hydroxyl groups excluding tert-OH is 1. The van der Waals surface area contributed by atoms with E-state index in [0.29, 0.717) is 0 Å². The van der Waals surface area contributed by atoms with Crippen LogP contribution in [0.3, 0.4) is 0 Å². The molecule has 0 aliphatic carbocycles. The third-order valence-electron chi connectivity index (χ3n) is 4.54. The van der Waals surface area contributed by atoms with Crippen LogP contribution in [0, 0.1) is 11.6 Å². The molecular formula is C16H17BrF5N5O. The zero-order chi connectivity index (χ0) is 20.6. The number of nitrogens with two attached hydrogens (primary N) is 1. The number of fused-ring (bicyclic) bond motifs is 1. The maximum Gasteiger partial charge on any atom is 0.451 e. The number of aromatic nitrogens is 3. The summed E-state index contributed by atoms with van der Waals surface area (Å²) in [7, 11) is 0. The molecule has 2 heterocycles. The number of halogens is 6. The zero-order valence-electron chi connectivity index (χ0n) is 14.4. The summed E-state index contributed by atoms with van der Waals surface area (Å²) in [6, 6.07) is 1.35. The molecule has 1 aliphatic heterocycles. The van der Waals surface area contributed by atoms with E-state index in [4.69, 9.17) is 5.73 Å². The second kappa shape index (κ2) is 8.01. The number of hydrogen-bond acceptors (Lipinski definition) is 5. The average Bonchev–Trinajstić information content (AvgIpc) is 3.03. The van der Waals surface area contributed by atoms with Crippen LogP contribution in [0.2, 0.25) is 0 Å². The van der Waals surface area contributed by atoms with Crippen LogP contribution >= 0.6 is 15.9 Å². The lowest BCUT2D eigenvalue weighted by molar-refractivity contribution is -0.148. The van der Waals surface area contributed by atoms with Crippen molar-refractivity contribution in [1.82, 2.24) is 19.7 Å². The molecule has 3 N–H and O–H groups in total. The molecule has 2 aromatic rings. The van der Waals surface area contributed by atoms with Crippen LogP contribution < -0.4 is 5.73 Å². The van der Waals surface area contributed by atoms with Gasteiger partial charge in [0.2, 0.25) is 5.82 Å². The van der Waals surface area contributed by atoms with E-state index in [9.17, 15) is 27.1 Å². The molecule has 12 heteroatoms. The van der Waals surface area contributed by atoms with Crippen LogP contribution in [0.25, 0.3) is 0 Å². The summed E-state index contributed by atoms with van der Waals surface area (Å²) in [6.07, 6.45) is -5.65. The summed E-state index contributed by atoms with van der Waals surface area (Å²) in [4.78, 5) is 1.52. The van der Waals surface area contributed by atoms with E-state index in [-0.39, 0.29) is 48.3 Å². The van der Waals surface area contributed by atoms with E-state index in [1.54, 1.807) is 0 Å². The van der Waals surface area contributed by atoms with Gasteiger partial charge in [-0.1, -0.05) is 0 Å². The Morgan fingerprint density at radius 3 is 2.57 bits per heavy atom. The highest BCUT2D eigenvalue weighted by atomic mass is 79.9. The molecule has 154 valence electrons. The SMILES string of the molecule is N[C@H](Cc1cc(F)c(Br)cc1F)CC(O)N1CCn2c(nnc2C(F)(F)F)C1.